The molecule has 19 heteroatoms. The van der Waals surface area contributed by atoms with Crippen LogP contribution in [0.2, 0.25) is 0 Å². The Labute approximate surface area is 643 Å². The molecule has 0 aliphatic heterocycles. The van der Waals surface area contributed by atoms with Crippen LogP contribution in [0.3, 0.4) is 0 Å². The minimum atomic E-state index is -5.02. The van der Waals surface area contributed by atoms with Crippen molar-refractivity contribution in [2.45, 2.75) is 341 Å². The number of phosphoric ester groups is 2. The molecular weight excluding hydrogens is 1380 g/mol. The molecule has 0 radical (unpaired) electrons. The lowest BCUT2D eigenvalue weighted by Gasteiger charge is -2.21. The van der Waals surface area contributed by atoms with Gasteiger partial charge in [0.15, 0.2) is 12.2 Å². The molecule has 106 heavy (non-hydrogen) atoms. The molecule has 0 amide bonds. The van der Waals surface area contributed by atoms with E-state index in [1.165, 1.54) is 116 Å². The van der Waals surface area contributed by atoms with Crippen molar-refractivity contribution in [2.75, 3.05) is 39.6 Å². The number of aliphatic hydroxyl groups is 1. The van der Waals surface area contributed by atoms with E-state index in [4.69, 9.17) is 37.0 Å². The summed E-state index contributed by atoms with van der Waals surface area (Å²) >= 11 is 0. The molecule has 0 aliphatic carbocycles. The van der Waals surface area contributed by atoms with E-state index in [0.29, 0.717) is 38.5 Å². The van der Waals surface area contributed by atoms with Crippen LogP contribution in [0.4, 0.5) is 0 Å². The highest BCUT2D eigenvalue weighted by atomic mass is 31.2. The van der Waals surface area contributed by atoms with Gasteiger partial charge >= 0.3 is 39.5 Å². The normalized spacial score (nSPS) is 14.6. The quantitative estimate of drug-likeness (QED) is 0.0169. The summed E-state index contributed by atoms with van der Waals surface area (Å²) in [5, 5.41) is 10.6. The maximum Gasteiger partial charge on any atom is 0.472 e. The van der Waals surface area contributed by atoms with Crippen LogP contribution in [0.1, 0.15) is 323 Å². The van der Waals surface area contributed by atoms with Gasteiger partial charge in [-0.3, -0.25) is 37.3 Å². The fraction of sp³-hybridized carbons (Fsp3) is 0.678. The van der Waals surface area contributed by atoms with Crippen LogP contribution in [0.25, 0.3) is 0 Å². The van der Waals surface area contributed by atoms with Crippen LogP contribution >= 0.6 is 15.6 Å². The Kier molecular flexibility index (Phi) is 74.3. The predicted octanol–water partition coefficient (Wildman–Crippen LogP) is 24.2. The van der Waals surface area contributed by atoms with E-state index >= 15 is 0 Å². The summed E-state index contributed by atoms with van der Waals surface area (Å²) in [6, 6.07) is 0. The van der Waals surface area contributed by atoms with E-state index < -0.39 is 97.5 Å². The number of hydrogen-bond donors (Lipinski definition) is 3. The maximum atomic E-state index is 13.1. The lowest BCUT2D eigenvalue weighted by Crippen LogP contribution is -2.30. The SMILES string of the molecule is CCCCC/C=C\C/C=C\C/C=C\C/C=C\C/C=C\CCC(=O)OC[C@H](COP(=O)(O)OC[C@@H](O)COP(=O)(O)OC[C@@H](COC(=O)CCCCCCCCCCCCCCC)OC(=O)CCCCCCC/C=C\C/C=C\CCCCC)OC(=O)CC/C=C\C/C=C\C/C=C\C/C=C\C/C=C\CCCCC. The Morgan fingerprint density at radius 1 is 0.264 bits per heavy atom. The Morgan fingerprint density at radius 3 is 0.802 bits per heavy atom. The second-order valence-electron chi connectivity index (χ2n) is 27.0. The standard InChI is InChI=1S/C87H146O17P2/c1-5-9-13-17-21-25-29-33-36-38-40-42-45-48-52-56-60-64-68-72-85(90)98-78-83(104-87(92)74-70-66-62-58-54-50-46-43-41-39-37-34-30-26-22-18-14-10-6-2)80-102-106(95,96)100-76-81(88)75-99-105(93,94)101-79-82(77-97-84(89)71-67-63-59-55-51-47-32-28-24-20-16-12-8-4)103-86(91)73-69-65-61-57-53-49-44-35-31-27-23-19-15-11-7-3/h21-23,25-27,33-37,40-44,48,50,52,54,60,62,64,66,81-83,88H,5-20,24,28-32,38-39,45-47,49,51,53,55-59,61,63,65,67-80H2,1-4H3,(H,93,94)(H,95,96)/b25-21-,26-22-,27-23-,36-33-,37-34-,42-40-,43-41-,44-35-,52-48-,54-50-,64-60-,66-62-/t81-,82+,83+/m0/s1. The number of allylic oxidation sites excluding steroid dienone is 24. The molecule has 0 aromatic rings. The van der Waals surface area contributed by atoms with E-state index in [2.05, 4.69) is 137 Å². The van der Waals surface area contributed by atoms with Crippen LogP contribution in [-0.2, 0) is 65.4 Å². The zero-order valence-electron chi connectivity index (χ0n) is 66.3. The second kappa shape index (κ2) is 78.1. The first-order valence-electron chi connectivity index (χ1n) is 41.1. The van der Waals surface area contributed by atoms with Crippen molar-refractivity contribution in [1.29, 1.82) is 0 Å². The summed E-state index contributed by atoms with van der Waals surface area (Å²) in [5.74, 6) is -2.38. The van der Waals surface area contributed by atoms with Crippen molar-refractivity contribution in [2.24, 2.45) is 0 Å². The number of ether oxygens (including phenoxy) is 4. The van der Waals surface area contributed by atoms with Gasteiger partial charge in [0.2, 0.25) is 0 Å². The number of rotatable bonds is 76. The van der Waals surface area contributed by atoms with Gasteiger partial charge in [-0.25, -0.2) is 9.13 Å². The van der Waals surface area contributed by atoms with Crippen LogP contribution in [0.5, 0.6) is 0 Å². The predicted molar refractivity (Wildman–Crippen MR) is 436 cm³/mol. The van der Waals surface area contributed by atoms with Crippen LogP contribution in [0.15, 0.2) is 146 Å². The van der Waals surface area contributed by atoms with Crippen molar-refractivity contribution in [3.8, 4) is 0 Å². The molecule has 0 rings (SSSR count). The van der Waals surface area contributed by atoms with Gasteiger partial charge in [-0.15, -0.1) is 0 Å². The first-order valence-corrected chi connectivity index (χ1v) is 44.1. The Balaban J connectivity index is 5.52. The third-order valence-electron chi connectivity index (χ3n) is 16.8. The van der Waals surface area contributed by atoms with Crippen molar-refractivity contribution >= 4 is 39.5 Å². The Morgan fingerprint density at radius 2 is 0.481 bits per heavy atom. The summed E-state index contributed by atoms with van der Waals surface area (Å²) < 4.78 is 68.5. The van der Waals surface area contributed by atoms with E-state index in [0.717, 1.165) is 116 Å². The first-order chi connectivity index (χ1) is 51.7. The van der Waals surface area contributed by atoms with E-state index in [1.807, 2.05) is 36.5 Å². The van der Waals surface area contributed by atoms with Crippen LogP contribution in [0, 0.1) is 0 Å². The molecule has 0 spiro atoms. The highest BCUT2D eigenvalue weighted by molar-refractivity contribution is 7.47. The molecule has 3 N–H and O–H groups in total. The maximum absolute atomic E-state index is 13.1. The van der Waals surface area contributed by atoms with Gasteiger partial charge in [-0.1, -0.05) is 308 Å². The van der Waals surface area contributed by atoms with Gasteiger partial charge in [-0.2, -0.15) is 0 Å². The molecule has 0 heterocycles. The van der Waals surface area contributed by atoms with Crippen LogP contribution in [-0.4, -0.2) is 96.7 Å². The zero-order valence-corrected chi connectivity index (χ0v) is 68.1. The number of esters is 4. The summed E-state index contributed by atoms with van der Waals surface area (Å²) in [6.45, 7) is 4.62. The number of hydrogen-bond acceptors (Lipinski definition) is 15. The average molecular weight is 1530 g/mol. The monoisotopic (exact) mass is 1530 g/mol. The van der Waals surface area contributed by atoms with Gasteiger partial charge in [-0.05, 0) is 135 Å². The fourth-order valence-electron chi connectivity index (χ4n) is 10.5. The fourth-order valence-corrected chi connectivity index (χ4v) is 12.1. The smallest absolute Gasteiger partial charge is 0.462 e. The van der Waals surface area contributed by atoms with Gasteiger partial charge in [0, 0.05) is 25.7 Å². The number of aliphatic hydroxyl groups excluding tert-OH is 1. The van der Waals surface area contributed by atoms with Crippen molar-refractivity contribution in [3.63, 3.8) is 0 Å². The van der Waals surface area contributed by atoms with E-state index in [9.17, 15) is 43.2 Å². The molecule has 0 saturated heterocycles. The molecule has 606 valence electrons. The lowest BCUT2D eigenvalue weighted by atomic mass is 10.0. The van der Waals surface area contributed by atoms with Crippen molar-refractivity contribution in [1.82, 2.24) is 0 Å². The molecule has 2 unspecified atom stereocenters. The number of phosphoric acid groups is 2. The summed E-state index contributed by atoms with van der Waals surface area (Å²) in [4.78, 5) is 73.0. The minimum Gasteiger partial charge on any atom is -0.462 e. The number of carbonyl (C=O) groups excluding carboxylic acids is 4. The zero-order chi connectivity index (χ0) is 77.4. The van der Waals surface area contributed by atoms with Crippen molar-refractivity contribution < 1.29 is 80.2 Å². The van der Waals surface area contributed by atoms with Gasteiger partial charge in [0.25, 0.3) is 0 Å². The largest absolute Gasteiger partial charge is 0.472 e. The summed E-state index contributed by atoms with van der Waals surface area (Å²) in [7, 11) is -10.0. The van der Waals surface area contributed by atoms with Gasteiger partial charge < -0.3 is 33.8 Å². The third-order valence-corrected chi connectivity index (χ3v) is 18.7. The molecule has 0 fully saturated rings. The van der Waals surface area contributed by atoms with Gasteiger partial charge in [0.05, 0.1) is 26.4 Å². The van der Waals surface area contributed by atoms with Crippen LogP contribution < -0.4 is 0 Å². The van der Waals surface area contributed by atoms with E-state index in [-0.39, 0.29) is 25.7 Å². The van der Waals surface area contributed by atoms with E-state index in [1.54, 1.807) is 0 Å². The Bertz CT molecular complexity index is 2580. The topological polar surface area (TPSA) is 237 Å². The minimum absolute atomic E-state index is 0.0183. The lowest BCUT2D eigenvalue weighted by molar-refractivity contribution is -0.161. The summed E-state index contributed by atoms with van der Waals surface area (Å²) in [5.41, 5.74) is 0. The van der Waals surface area contributed by atoms with Crippen molar-refractivity contribution in [3.05, 3.63) is 146 Å². The molecule has 5 atom stereocenters. The number of unbranched alkanes of at least 4 members (excludes halogenated alkanes) is 26. The number of carbonyl (C=O) groups is 4. The molecular formula is C87H146O17P2. The molecule has 17 nitrogen and oxygen atoms in total. The highest BCUT2D eigenvalue weighted by Crippen LogP contribution is 2.45. The highest BCUT2D eigenvalue weighted by Gasteiger charge is 2.30. The molecule has 0 aromatic carbocycles. The molecule has 0 aromatic heterocycles. The molecule has 0 aliphatic rings. The Hall–Kier alpha value is -5.06. The van der Waals surface area contributed by atoms with Gasteiger partial charge in [0.1, 0.15) is 19.3 Å². The molecule has 0 saturated carbocycles. The average Bonchev–Trinajstić information content (AvgIpc) is 0.903. The molecule has 0 bridgehead atoms. The third kappa shape index (κ3) is 77.1. The summed E-state index contributed by atoms with van der Waals surface area (Å²) in [6.07, 6.45) is 89.9. The first kappa shape index (κ1) is 101. The second-order valence-corrected chi connectivity index (χ2v) is 29.9.